The SMILES string of the molecule is C[C@H](CC[C@@H](O[C@@H]1O[C@H](CO[C@H]2O[C@H](CO)[C@@H](O)[C@H](O)[C@H]2O)[C@@H](O)[C@H](O)[C@H]1O[C@@H]1O[C@H](CO)[C@@H](O)[C@H](O)[C@H]1O)C(C)(C)O)C1CC[C@@]2(C)C3CC=C4C(CC[C@H](O[C@@H]5O[C@H](CCO)[C@@H](O)[C@H](O[C@@H]6O[C@H](CO)[C@@H](O)[C@H](O)[C@H]6O)[C@H]5O)C4(C)C)[C@]3(C)[C@H](O)C[C@]12C. The molecular weight excluding hydrogens is 1200 g/mol. The maximum Gasteiger partial charge on any atom is 0.187 e. The van der Waals surface area contributed by atoms with Crippen molar-refractivity contribution in [3.63, 3.8) is 0 Å². The van der Waals surface area contributed by atoms with Crippen LogP contribution in [0.3, 0.4) is 0 Å². The molecule has 522 valence electrons. The van der Waals surface area contributed by atoms with E-state index in [0.717, 1.165) is 18.4 Å². The maximum atomic E-state index is 12.9. The number of rotatable bonds is 21. The van der Waals surface area contributed by atoms with E-state index in [0.29, 0.717) is 32.1 Å². The van der Waals surface area contributed by atoms with Gasteiger partial charge in [-0.3, -0.25) is 0 Å². The quantitative estimate of drug-likeness (QED) is 0.0479. The third-order valence-electron chi connectivity index (χ3n) is 23.1. The Bertz CT molecular complexity index is 2360. The number of aliphatic hydroxyl groups is 19. The van der Waals surface area contributed by atoms with Crippen molar-refractivity contribution in [2.45, 2.75) is 291 Å². The normalized spacial score (nSPS) is 51.3. The Hall–Kier alpha value is -1.42. The summed E-state index contributed by atoms with van der Waals surface area (Å²) in [5.74, 6) is -0.0337. The van der Waals surface area contributed by atoms with Gasteiger partial charge < -0.3 is 144 Å². The predicted molar refractivity (Wildman–Crippen MR) is 305 cm³/mol. The van der Waals surface area contributed by atoms with E-state index >= 15 is 0 Å². The Morgan fingerprint density at radius 3 is 1.58 bits per heavy atom. The second kappa shape index (κ2) is 28.2. The molecule has 5 heterocycles. The smallest absolute Gasteiger partial charge is 0.187 e. The van der Waals surface area contributed by atoms with Gasteiger partial charge >= 0.3 is 0 Å². The predicted octanol–water partition coefficient (Wildman–Crippen LogP) is -5.02. The van der Waals surface area contributed by atoms with Crippen molar-refractivity contribution in [2.75, 3.05) is 33.0 Å². The Morgan fingerprint density at radius 2 is 1.03 bits per heavy atom. The van der Waals surface area contributed by atoms with E-state index in [-0.39, 0.29) is 41.9 Å². The third kappa shape index (κ3) is 13.2. The van der Waals surface area contributed by atoms with Crippen LogP contribution in [0.4, 0.5) is 0 Å². The van der Waals surface area contributed by atoms with Gasteiger partial charge in [-0.15, -0.1) is 0 Å². The lowest BCUT2D eigenvalue weighted by Gasteiger charge is -2.67. The third-order valence-corrected chi connectivity index (χ3v) is 23.1. The van der Waals surface area contributed by atoms with E-state index in [4.69, 9.17) is 47.4 Å². The molecule has 3 unspecified atom stereocenters. The molecule has 5 aliphatic heterocycles. The highest BCUT2D eigenvalue weighted by Gasteiger charge is 2.71. The average Bonchev–Trinajstić information content (AvgIpc) is 1.29. The zero-order valence-electron chi connectivity index (χ0n) is 52.5. The topological polar surface area (TPSA) is 477 Å². The van der Waals surface area contributed by atoms with Crippen molar-refractivity contribution >= 4 is 0 Å². The summed E-state index contributed by atoms with van der Waals surface area (Å²) in [4.78, 5) is 0. The molecule has 0 radical (unpaired) electrons. The van der Waals surface area contributed by atoms with Gasteiger partial charge in [0.05, 0.1) is 56.4 Å². The minimum Gasteiger partial charge on any atom is -0.396 e. The van der Waals surface area contributed by atoms with Crippen LogP contribution >= 0.6 is 0 Å². The number of hydrogen-bond donors (Lipinski definition) is 19. The van der Waals surface area contributed by atoms with Crippen LogP contribution in [0.15, 0.2) is 11.6 Å². The molecule has 3 saturated carbocycles. The van der Waals surface area contributed by atoms with Crippen LogP contribution in [0.2, 0.25) is 0 Å². The largest absolute Gasteiger partial charge is 0.396 e. The summed E-state index contributed by atoms with van der Waals surface area (Å²) < 4.78 is 60.0. The summed E-state index contributed by atoms with van der Waals surface area (Å²) in [7, 11) is 0. The van der Waals surface area contributed by atoms with Crippen molar-refractivity contribution in [2.24, 2.45) is 45.3 Å². The minimum absolute atomic E-state index is 0.0264. The second-order valence-electron chi connectivity index (χ2n) is 29.0. The van der Waals surface area contributed by atoms with Crippen LogP contribution < -0.4 is 0 Å². The van der Waals surface area contributed by atoms with Crippen LogP contribution in [0.1, 0.15) is 113 Å². The Morgan fingerprint density at radius 1 is 0.533 bits per heavy atom. The summed E-state index contributed by atoms with van der Waals surface area (Å²) in [5, 5.41) is 206. The summed E-state index contributed by atoms with van der Waals surface area (Å²) in [6, 6.07) is 0. The highest BCUT2D eigenvalue weighted by atomic mass is 16.8. The van der Waals surface area contributed by atoms with Gasteiger partial charge in [-0.05, 0) is 106 Å². The molecule has 4 aliphatic carbocycles. The average molecular weight is 1300 g/mol. The Labute approximate surface area is 523 Å². The van der Waals surface area contributed by atoms with Gasteiger partial charge in [0.15, 0.2) is 31.5 Å². The minimum atomic E-state index is -1.96. The van der Waals surface area contributed by atoms with Crippen molar-refractivity contribution < 1.29 is 144 Å². The highest BCUT2D eigenvalue weighted by molar-refractivity contribution is 5.32. The fourth-order valence-electron chi connectivity index (χ4n) is 17.3. The molecule has 29 nitrogen and oxygen atoms in total. The van der Waals surface area contributed by atoms with E-state index in [9.17, 15) is 97.0 Å². The van der Waals surface area contributed by atoms with Crippen molar-refractivity contribution in [3.8, 4) is 0 Å². The lowest BCUT2D eigenvalue weighted by atomic mass is 9.38. The molecule has 0 aromatic carbocycles. The first-order valence-corrected chi connectivity index (χ1v) is 32.1. The van der Waals surface area contributed by atoms with Crippen molar-refractivity contribution in [1.82, 2.24) is 0 Å². The summed E-state index contributed by atoms with van der Waals surface area (Å²) in [6.07, 6.45) is -37.4. The molecule has 9 aliphatic rings. The van der Waals surface area contributed by atoms with Gasteiger partial charge in [0.25, 0.3) is 0 Å². The zero-order valence-corrected chi connectivity index (χ0v) is 52.5. The maximum absolute atomic E-state index is 12.9. The van der Waals surface area contributed by atoms with Crippen LogP contribution in [0.25, 0.3) is 0 Å². The monoisotopic (exact) mass is 1300 g/mol. The molecule has 5 saturated heterocycles. The zero-order chi connectivity index (χ0) is 66.2. The lowest BCUT2D eigenvalue weighted by Crippen LogP contribution is -2.66. The fourth-order valence-corrected chi connectivity index (χ4v) is 17.3. The molecule has 29 heteroatoms. The second-order valence-corrected chi connectivity index (χ2v) is 29.0. The first-order valence-electron chi connectivity index (χ1n) is 32.1. The van der Waals surface area contributed by atoms with Gasteiger partial charge in [0.2, 0.25) is 0 Å². The van der Waals surface area contributed by atoms with Crippen LogP contribution in [0.5, 0.6) is 0 Å². The first-order chi connectivity index (χ1) is 42.2. The number of hydrogen-bond acceptors (Lipinski definition) is 29. The number of ether oxygens (including phenoxy) is 10. The van der Waals surface area contributed by atoms with E-state index in [1.807, 2.05) is 0 Å². The van der Waals surface area contributed by atoms with E-state index in [1.165, 1.54) is 13.8 Å². The molecule has 8 fully saturated rings. The summed E-state index contributed by atoms with van der Waals surface area (Å²) in [5.41, 5.74) is -2.51. The molecule has 0 bridgehead atoms. The van der Waals surface area contributed by atoms with Crippen LogP contribution in [0, 0.1) is 45.3 Å². The van der Waals surface area contributed by atoms with Crippen molar-refractivity contribution in [1.29, 1.82) is 0 Å². The van der Waals surface area contributed by atoms with Gasteiger partial charge in [-0.25, -0.2) is 0 Å². The first kappa shape index (κ1) is 72.8. The van der Waals surface area contributed by atoms with Crippen LogP contribution in [-0.2, 0) is 47.4 Å². The highest BCUT2D eigenvalue weighted by Crippen LogP contribution is 2.75. The standard InChI is InChI=1S/C61H104O29/c1-24(9-13-36(58(4,5)80)88-56-51(90-54-48(78)44(74)39(69)31(22-65)85-54)45(75)40(70)32(86-56)23-81-52-46(76)42(72)37(67)29(20-63)83-52)25-15-17-59(6)33-12-10-26-27(61(33,8)34(66)19-60(25,59)7)11-14-35(57(26,2)3)87-55-49(79)50(41(71)28(82-55)16-18-62)89-53-47(77)43(73)38(68)30(21-64)84-53/h10,24-25,27-56,62-80H,9,11-23H2,1-8H3/t24-,25?,27?,28-,29-,30-,31-,32-,33?,34-,35+,36-,37-,38-,39-,40-,41-,42+,43+,44+,45+,46-,47-,48-,49-,50+,51-,52+,53+,54+,55+,56+,59+,60-,61+/m1/s1. The molecule has 9 rings (SSSR count). The van der Waals surface area contributed by atoms with Gasteiger partial charge in [0.1, 0.15) is 116 Å². The van der Waals surface area contributed by atoms with Crippen molar-refractivity contribution in [3.05, 3.63) is 11.6 Å². The molecule has 35 atom stereocenters. The summed E-state index contributed by atoms with van der Waals surface area (Å²) in [6.45, 7) is 12.7. The molecule has 0 aromatic heterocycles. The molecular formula is C61H104O29. The van der Waals surface area contributed by atoms with E-state index in [1.54, 1.807) is 0 Å². The van der Waals surface area contributed by atoms with Gasteiger partial charge in [-0.2, -0.15) is 0 Å². The number of fused-ring (bicyclic) bond motifs is 5. The molecule has 19 N–H and O–H groups in total. The summed E-state index contributed by atoms with van der Waals surface area (Å²) >= 11 is 0. The van der Waals surface area contributed by atoms with Gasteiger partial charge in [0, 0.05) is 17.4 Å². The molecule has 0 aromatic rings. The fraction of sp³-hybridized carbons (Fsp3) is 0.967. The van der Waals surface area contributed by atoms with E-state index in [2.05, 4.69) is 47.6 Å². The molecule has 0 amide bonds. The van der Waals surface area contributed by atoms with Gasteiger partial charge in [-0.1, -0.05) is 53.2 Å². The van der Waals surface area contributed by atoms with Crippen LogP contribution in [-0.4, -0.2) is 308 Å². The molecule has 0 spiro atoms. The number of allylic oxidation sites excluding steroid dienone is 1. The Kier molecular flexibility index (Phi) is 22.8. The number of aliphatic hydroxyl groups excluding tert-OH is 18. The molecule has 90 heavy (non-hydrogen) atoms. The van der Waals surface area contributed by atoms with E-state index < -0.39 is 227 Å². The lowest BCUT2D eigenvalue weighted by molar-refractivity contribution is -0.380. The Balaban J connectivity index is 0.899.